The van der Waals surface area contributed by atoms with Gasteiger partial charge in [-0.1, -0.05) is 36.9 Å². The van der Waals surface area contributed by atoms with Crippen LogP contribution in [0.5, 0.6) is 5.75 Å². The zero-order valence-corrected chi connectivity index (χ0v) is 8.56. The van der Waals surface area contributed by atoms with E-state index in [1.165, 1.54) is 0 Å². The van der Waals surface area contributed by atoms with E-state index >= 15 is 0 Å². The lowest BCUT2D eigenvalue weighted by atomic mass is 10.2. The molecule has 1 unspecified atom stereocenters. The molecular formula is C13H14O2. The van der Waals surface area contributed by atoms with E-state index in [1.54, 1.807) is 6.08 Å². The van der Waals surface area contributed by atoms with E-state index in [1.807, 2.05) is 36.4 Å². The highest BCUT2D eigenvalue weighted by molar-refractivity contribution is 5.51. The number of epoxide rings is 1. The SMILES string of the molecule is C=C/C=C/c1ccc(OCC2CO2)cc1. The topological polar surface area (TPSA) is 21.8 Å². The lowest BCUT2D eigenvalue weighted by Crippen LogP contribution is -2.03. The fraction of sp³-hybridized carbons (Fsp3) is 0.231. The van der Waals surface area contributed by atoms with E-state index in [2.05, 4.69) is 6.58 Å². The van der Waals surface area contributed by atoms with Crippen molar-refractivity contribution in [1.82, 2.24) is 0 Å². The Morgan fingerprint density at radius 1 is 1.40 bits per heavy atom. The van der Waals surface area contributed by atoms with Gasteiger partial charge in [0.25, 0.3) is 0 Å². The van der Waals surface area contributed by atoms with Crippen molar-refractivity contribution < 1.29 is 9.47 Å². The van der Waals surface area contributed by atoms with Gasteiger partial charge in [0, 0.05) is 0 Å². The van der Waals surface area contributed by atoms with Crippen molar-refractivity contribution in [2.45, 2.75) is 6.10 Å². The first-order valence-electron chi connectivity index (χ1n) is 5.02. The Morgan fingerprint density at radius 2 is 2.13 bits per heavy atom. The highest BCUT2D eigenvalue weighted by Crippen LogP contribution is 2.16. The molecule has 2 nitrogen and oxygen atoms in total. The number of hydrogen-bond acceptors (Lipinski definition) is 2. The van der Waals surface area contributed by atoms with E-state index in [0.717, 1.165) is 17.9 Å². The third-order valence-electron chi connectivity index (χ3n) is 2.14. The van der Waals surface area contributed by atoms with Gasteiger partial charge in [-0.2, -0.15) is 0 Å². The zero-order valence-electron chi connectivity index (χ0n) is 8.56. The van der Waals surface area contributed by atoms with Crippen LogP contribution in [0, 0.1) is 0 Å². The zero-order chi connectivity index (χ0) is 10.5. The van der Waals surface area contributed by atoms with E-state index in [4.69, 9.17) is 9.47 Å². The van der Waals surface area contributed by atoms with Crippen molar-refractivity contribution in [2.75, 3.05) is 13.2 Å². The Bertz CT molecular complexity index is 347. The van der Waals surface area contributed by atoms with E-state index in [-0.39, 0.29) is 0 Å². The Labute approximate surface area is 89.8 Å². The third kappa shape index (κ3) is 3.26. The Balaban J connectivity index is 1.90. The molecule has 1 aromatic carbocycles. The second-order valence-corrected chi connectivity index (χ2v) is 3.43. The molecule has 1 atom stereocenters. The van der Waals surface area contributed by atoms with E-state index in [9.17, 15) is 0 Å². The highest BCUT2D eigenvalue weighted by atomic mass is 16.6. The van der Waals surface area contributed by atoms with Crippen LogP contribution in [-0.2, 0) is 4.74 Å². The number of benzene rings is 1. The summed E-state index contributed by atoms with van der Waals surface area (Å²) in [4.78, 5) is 0. The molecule has 0 spiro atoms. The minimum Gasteiger partial charge on any atom is -0.491 e. The van der Waals surface area contributed by atoms with E-state index < -0.39 is 0 Å². The van der Waals surface area contributed by atoms with Crippen LogP contribution in [0.1, 0.15) is 5.56 Å². The molecule has 78 valence electrons. The summed E-state index contributed by atoms with van der Waals surface area (Å²) in [7, 11) is 0. The molecule has 0 N–H and O–H groups in total. The molecule has 1 aromatic rings. The van der Waals surface area contributed by atoms with Crippen LogP contribution in [0.4, 0.5) is 0 Å². The van der Waals surface area contributed by atoms with E-state index in [0.29, 0.717) is 12.7 Å². The summed E-state index contributed by atoms with van der Waals surface area (Å²) in [6.45, 7) is 5.11. The summed E-state index contributed by atoms with van der Waals surface area (Å²) < 4.78 is 10.6. The molecule has 1 saturated heterocycles. The van der Waals surface area contributed by atoms with Gasteiger partial charge < -0.3 is 9.47 Å². The van der Waals surface area contributed by atoms with Gasteiger partial charge in [-0.15, -0.1) is 0 Å². The number of ether oxygens (including phenoxy) is 2. The molecule has 0 amide bonds. The number of hydrogen-bond donors (Lipinski definition) is 0. The molecule has 1 fully saturated rings. The summed E-state index contributed by atoms with van der Waals surface area (Å²) in [5, 5.41) is 0. The van der Waals surface area contributed by atoms with Gasteiger partial charge in [-0.25, -0.2) is 0 Å². The minimum atomic E-state index is 0.310. The van der Waals surface area contributed by atoms with Gasteiger partial charge in [0.2, 0.25) is 0 Å². The predicted octanol–water partition coefficient (Wildman–Crippen LogP) is 2.66. The maximum atomic E-state index is 5.52. The molecule has 0 aliphatic carbocycles. The fourth-order valence-electron chi connectivity index (χ4n) is 1.21. The normalized spacial score (nSPS) is 19.1. The van der Waals surface area contributed by atoms with Crippen molar-refractivity contribution in [3.05, 3.63) is 48.6 Å². The van der Waals surface area contributed by atoms with Crippen molar-refractivity contribution in [3.63, 3.8) is 0 Å². The first-order chi connectivity index (χ1) is 7.38. The largest absolute Gasteiger partial charge is 0.491 e. The maximum absolute atomic E-state index is 5.52. The van der Waals surface area contributed by atoms with Crippen LogP contribution < -0.4 is 4.74 Å². The fourth-order valence-corrected chi connectivity index (χ4v) is 1.21. The summed E-state index contributed by atoms with van der Waals surface area (Å²) in [6, 6.07) is 7.96. The lowest BCUT2D eigenvalue weighted by molar-refractivity contribution is 0.263. The van der Waals surface area contributed by atoms with Crippen LogP contribution in [0.15, 0.2) is 43.0 Å². The van der Waals surface area contributed by atoms with Crippen molar-refractivity contribution in [2.24, 2.45) is 0 Å². The van der Waals surface area contributed by atoms with Crippen LogP contribution in [0.2, 0.25) is 0 Å². The predicted molar refractivity (Wildman–Crippen MR) is 60.9 cm³/mol. The molecule has 15 heavy (non-hydrogen) atoms. The summed E-state index contributed by atoms with van der Waals surface area (Å²) in [6.07, 6.45) is 5.98. The van der Waals surface area contributed by atoms with Crippen LogP contribution in [-0.4, -0.2) is 19.3 Å². The van der Waals surface area contributed by atoms with Gasteiger partial charge in [-0.05, 0) is 17.7 Å². The van der Waals surface area contributed by atoms with Crippen molar-refractivity contribution in [3.8, 4) is 5.75 Å². The van der Waals surface area contributed by atoms with Crippen LogP contribution in [0.3, 0.4) is 0 Å². The molecule has 2 heteroatoms. The van der Waals surface area contributed by atoms with Crippen molar-refractivity contribution >= 4 is 6.08 Å². The number of allylic oxidation sites excluding steroid dienone is 2. The van der Waals surface area contributed by atoms with Gasteiger partial charge >= 0.3 is 0 Å². The number of rotatable bonds is 5. The Morgan fingerprint density at radius 3 is 2.73 bits per heavy atom. The van der Waals surface area contributed by atoms with Gasteiger partial charge in [-0.3, -0.25) is 0 Å². The van der Waals surface area contributed by atoms with Gasteiger partial charge in [0.1, 0.15) is 18.5 Å². The Hall–Kier alpha value is -1.54. The second-order valence-electron chi connectivity index (χ2n) is 3.43. The summed E-state index contributed by atoms with van der Waals surface area (Å²) >= 11 is 0. The molecular weight excluding hydrogens is 188 g/mol. The second kappa shape index (κ2) is 4.80. The van der Waals surface area contributed by atoms with Gasteiger partial charge in [0.05, 0.1) is 6.61 Å². The third-order valence-corrected chi connectivity index (χ3v) is 2.14. The molecule has 0 radical (unpaired) electrons. The standard InChI is InChI=1S/C13H14O2/c1-2-3-4-11-5-7-12(8-6-11)14-9-13-10-15-13/h2-8,13H,1,9-10H2/b4-3+. The first-order valence-corrected chi connectivity index (χ1v) is 5.02. The minimum absolute atomic E-state index is 0.310. The molecule has 1 heterocycles. The quantitative estimate of drug-likeness (QED) is 0.541. The molecule has 0 saturated carbocycles. The van der Waals surface area contributed by atoms with Crippen LogP contribution >= 0.6 is 0 Å². The monoisotopic (exact) mass is 202 g/mol. The molecule has 0 bridgehead atoms. The highest BCUT2D eigenvalue weighted by Gasteiger charge is 2.22. The summed E-state index contributed by atoms with van der Waals surface area (Å²) in [5.74, 6) is 0.890. The van der Waals surface area contributed by atoms with Crippen LogP contribution in [0.25, 0.3) is 6.08 Å². The first kappa shape index (κ1) is 9.99. The Kier molecular flexibility index (Phi) is 3.20. The van der Waals surface area contributed by atoms with Gasteiger partial charge in [0.15, 0.2) is 0 Å². The maximum Gasteiger partial charge on any atom is 0.119 e. The summed E-state index contributed by atoms with van der Waals surface area (Å²) in [5.41, 5.74) is 1.14. The smallest absolute Gasteiger partial charge is 0.119 e. The molecule has 0 aromatic heterocycles. The molecule has 2 rings (SSSR count). The molecule has 1 aliphatic heterocycles. The van der Waals surface area contributed by atoms with Crippen molar-refractivity contribution in [1.29, 1.82) is 0 Å². The molecule has 1 aliphatic rings. The lowest BCUT2D eigenvalue weighted by Gasteiger charge is -2.03. The average Bonchev–Trinajstić information content (AvgIpc) is 3.09. The average molecular weight is 202 g/mol.